The van der Waals surface area contributed by atoms with Gasteiger partial charge in [0.25, 0.3) is 5.91 Å². The van der Waals surface area contributed by atoms with E-state index in [1.165, 1.54) is 7.11 Å². The molecule has 0 saturated heterocycles. The lowest BCUT2D eigenvalue weighted by molar-refractivity contribution is -0.125. The fraction of sp³-hybridized carbons (Fsp3) is 0.261. The molecule has 0 radical (unpaired) electrons. The van der Waals surface area contributed by atoms with E-state index in [0.717, 1.165) is 5.56 Å². The number of esters is 1. The van der Waals surface area contributed by atoms with Crippen molar-refractivity contribution < 1.29 is 23.6 Å². The third kappa shape index (κ3) is 4.51. The molecule has 1 atom stereocenters. The molecule has 0 bridgehead atoms. The monoisotopic (exact) mass is 408 g/mol. The fourth-order valence-electron chi connectivity index (χ4n) is 3.11. The molecule has 30 heavy (non-hydrogen) atoms. The van der Waals surface area contributed by atoms with Crippen molar-refractivity contribution in [3.05, 3.63) is 76.7 Å². The van der Waals surface area contributed by atoms with E-state index >= 15 is 0 Å². The Morgan fingerprint density at radius 2 is 1.87 bits per heavy atom. The minimum atomic E-state index is -1.16. The first-order valence-corrected chi connectivity index (χ1v) is 9.61. The van der Waals surface area contributed by atoms with Gasteiger partial charge in [-0.25, -0.2) is 4.79 Å². The van der Waals surface area contributed by atoms with Gasteiger partial charge in [0.2, 0.25) is 6.10 Å². The summed E-state index contributed by atoms with van der Waals surface area (Å²) in [5, 5.41) is 6.70. The van der Waals surface area contributed by atoms with Gasteiger partial charge in [0.1, 0.15) is 17.1 Å². The Morgan fingerprint density at radius 3 is 2.53 bits per heavy atom. The smallest absolute Gasteiger partial charge is 0.344 e. The van der Waals surface area contributed by atoms with Crippen LogP contribution in [-0.2, 0) is 16.0 Å². The second-order valence-corrected chi connectivity index (χ2v) is 6.80. The van der Waals surface area contributed by atoms with Gasteiger partial charge in [-0.05, 0) is 38.0 Å². The predicted molar refractivity (Wildman–Crippen MR) is 112 cm³/mol. The van der Waals surface area contributed by atoms with Crippen LogP contribution in [-0.4, -0.2) is 24.1 Å². The van der Waals surface area contributed by atoms with Crippen LogP contribution in [0.15, 0.2) is 53.1 Å². The van der Waals surface area contributed by atoms with E-state index < -0.39 is 18.0 Å². The number of carbonyl (C=O) groups is 2. The number of anilines is 1. The predicted octanol–water partition coefficient (Wildman–Crippen LogP) is 4.40. The van der Waals surface area contributed by atoms with E-state index in [0.29, 0.717) is 34.9 Å². The summed E-state index contributed by atoms with van der Waals surface area (Å²) in [7, 11) is 1.52. The highest BCUT2D eigenvalue weighted by Gasteiger charge is 2.29. The zero-order valence-corrected chi connectivity index (χ0v) is 17.4. The Bertz CT molecular complexity index is 1040. The number of aryl methyl sites for hydroxylation is 3. The van der Waals surface area contributed by atoms with Crippen LogP contribution < -0.4 is 10.1 Å². The number of rotatable bonds is 7. The fourth-order valence-corrected chi connectivity index (χ4v) is 3.11. The van der Waals surface area contributed by atoms with E-state index in [1.807, 2.05) is 26.0 Å². The summed E-state index contributed by atoms with van der Waals surface area (Å²) in [6.45, 7) is 5.40. The molecule has 0 fully saturated rings. The third-order valence-electron chi connectivity index (χ3n) is 4.65. The second kappa shape index (κ2) is 9.26. The Morgan fingerprint density at radius 1 is 1.13 bits per heavy atom. The maximum atomic E-state index is 13.2. The summed E-state index contributed by atoms with van der Waals surface area (Å²) in [6, 6.07) is 14.3. The van der Waals surface area contributed by atoms with E-state index in [9.17, 15) is 9.59 Å². The van der Waals surface area contributed by atoms with Gasteiger partial charge < -0.3 is 19.3 Å². The Labute approximate surface area is 175 Å². The zero-order chi connectivity index (χ0) is 21.7. The number of hydrogen-bond donors (Lipinski definition) is 1. The van der Waals surface area contributed by atoms with Gasteiger partial charge in [-0.3, -0.25) is 4.79 Å². The highest BCUT2D eigenvalue weighted by molar-refractivity contribution is 5.99. The molecular weight excluding hydrogens is 384 g/mol. The molecule has 7 nitrogen and oxygen atoms in total. The van der Waals surface area contributed by atoms with Crippen molar-refractivity contribution in [2.45, 2.75) is 33.3 Å². The number of nitrogens with one attached hydrogen (secondary N) is 1. The topological polar surface area (TPSA) is 90.7 Å². The minimum absolute atomic E-state index is 0.249. The summed E-state index contributed by atoms with van der Waals surface area (Å²) in [5.74, 6) is -0.295. The quantitative estimate of drug-likeness (QED) is 0.583. The van der Waals surface area contributed by atoms with Crippen molar-refractivity contribution in [1.82, 2.24) is 5.16 Å². The van der Waals surface area contributed by atoms with Crippen LogP contribution in [0, 0.1) is 13.8 Å². The summed E-state index contributed by atoms with van der Waals surface area (Å²) in [4.78, 5) is 26.1. The molecule has 3 rings (SSSR count). The molecule has 7 heteroatoms. The second-order valence-electron chi connectivity index (χ2n) is 6.80. The first kappa shape index (κ1) is 21.1. The zero-order valence-electron chi connectivity index (χ0n) is 17.4. The van der Waals surface area contributed by atoms with Crippen LogP contribution in [0.3, 0.4) is 0 Å². The lowest BCUT2D eigenvalue weighted by Crippen LogP contribution is -2.26. The number of methoxy groups -OCH3 is 1. The standard InChI is InChI=1S/C23H24N2O5/c1-5-17-20(15(3)30-25-17)23(27)29-21(16-9-7-6-8-10-16)22(26)24-18-13-14(2)11-12-19(18)28-4/h6-13,21H,5H2,1-4H3,(H,24,26)/t21-/m1/s1. The van der Waals surface area contributed by atoms with Crippen molar-refractivity contribution in [3.63, 3.8) is 0 Å². The summed E-state index contributed by atoms with van der Waals surface area (Å²) >= 11 is 0. The van der Waals surface area contributed by atoms with E-state index in [4.69, 9.17) is 14.0 Å². The number of nitrogens with zero attached hydrogens (tertiary/aromatic N) is 1. The van der Waals surface area contributed by atoms with Crippen molar-refractivity contribution >= 4 is 17.6 Å². The van der Waals surface area contributed by atoms with Gasteiger partial charge in [-0.15, -0.1) is 0 Å². The van der Waals surface area contributed by atoms with Crippen molar-refractivity contribution in [2.24, 2.45) is 0 Å². The van der Waals surface area contributed by atoms with Crippen molar-refractivity contribution in [3.8, 4) is 5.75 Å². The molecule has 3 aromatic rings. The maximum absolute atomic E-state index is 13.2. The van der Waals surface area contributed by atoms with Gasteiger partial charge in [0, 0.05) is 5.56 Å². The van der Waals surface area contributed by atoms with Gasteiger partial charge in [-0.2, -0.15) is 0 Å². The van der Waals surface area contributed by atoms with Crippen LogP contribution in [0.1, 0.15) is 46.0 Å². The lowest BCUT2D eigenvalue weighted by atomic mass is 10.1. The van der Waals surface area contributed by atoms with Crippen LogP contribution in [0.5, 0.6) is 5.75 Å². The molecule has 1 N–H and O–H groups in total. The largest absolute Gasteiger partial charge is 0.495 e. The van der Waals surface area contributed by atoms with Crippen molar-refractivity contribution in [1.29, 1.82) is 0 Å². The van der Waals surface area contributed by atoms with Crippen LogP contribution in [0.4, 0.5) is 5.69 Å². The first-order chi connectivity index (χ1) is 14.4. The SMILES string of the molecule is CCc1noc(C)c1C(=O)O[C@@H](C(=O)Nc1cc(C)ccc1OC)c1ccccc1. The van der Waals surface area contributed by atoms with E-state index in [-0.39, 0.29) is 5.56 Å². The number of benzene rings is 2. The van der Waals surface area contributed by atoms with Gasteiger partial charge in [0.05, 0.1) is 18.5 Å². The molecule has 0 aliphatic rings. The normalized spacial score (nSPS) is 11.6. The molecule has 0 spiro atoms. The average Bonchev–Trinajstić information content (AvgIpc) is 3.13. The van der Waals surface area contributed by atoms with Gasteiger partial charge in [0.15, 0.2) is 0 Å². The maximum Gasteiger partial charge on any atom is 0.344 e. The molecule has 0 unspecified atom stereocenters. The summed E-state index contributed by atoms with van der Waals surface area (Å²) in [5.41, 5.74) is 2.73. The highest BCUT2D eigenvalue weighted by atomic mass is 16.6. The molecule has 156 valence electrons. The molecule has 0 aliphatic carbocycles. The number of aromatic nitrogens is 1. The van der Waals surface area contributed by atoms with Gasteiger partial charge >= 0.3 is 5.97 Å². The highest BCUT2D eigenvalue weighted by Crippen LogP contribution is 2.28. The van der Waals surface area contributed by atoms with Crippen LogP contribution in [0.25, 0.3) is 0 Å². The minimum Gasteiger partial charge on any atom is -0.495 e. The molecule has 1 heterocycles. The molecule has 1 aromatic heterocycles. The Balaban J connectivity index is 1.92. The third-order valence-corrected chi connectivity index (χ3v) is 4.65. The van der Waals surface area contributed by atoms with Crippen LogP contribution in [0.2, 0.25) is 0 Å². The average molecular weight is 408 g/mol. The van der Waals surface area contributed by atoms with Crippen LogP contribution >= 0.6 is 0 Å². The van der Waals surface area contributed by atoms with E-state index in [2.05, 4.69) is 10.5 Å². The summed E-state index contributed by atoms with van der Waals surface area (Å²) < 4.78 is 16.1. The molecule has 1 amide bonds. The number of carbonyl (C=O) groups excluding carboxylic acids is 2. The summed E-state index contributed by atoms with van der Waals surface area (Å²) in [6.07, 6.45) is -0.660. The van der Waals surface area contributed by atoms with Gasteiger partial charge in [-0.1, -0.05) is 48.5 Å². The first-order valence-electron chi connectivity index (χ1n) is 9.61. The van der Waals surface area contributed by atoms with Crippen molar-refractivity contribution in [2.75, 3.05) is 12.4 Å². The number of ether oxygens (including phenoxy) is 2. The van der Waals surface area contributed by atoms with E-state index in [1.54, 1.807) is 43.3 Å². The number of amides is 1. The Kier molecular flexibility index (Phi) is 6.51. The molecule has 0 saturated carbocycles. The lowest BCUT2D eigenvalue weighted by Gasteiger charge is -2.19. The number of hydrogen-bond acceptors (Lipinski definition) is 6. The molecular formula is C23H24N2O5. The molecule has 0 aliphatic heterocycles. The Hall–Kier alpha value is -3.61. The molecule has 2 aromatic carbocycles.